The van der Waals surface area contributed by atoms with Gasteiger partial charge in [-0.15, -0.1) is 0 Å². The molecule has 81 heavy (non-hydrogen) atoms. The van der Waals surface area contributed by atoms with Crippen LogP contribution in [0.2, 0.25) is 66.5 Å². The molecule has 0 radical (unpaired) electrons. The van der Waals surface area contributed by atoms with Crippen LogP contribution in [0.25, 0.3) is 0 Å². The first-order chi connectivity index (χ1) is 36.9. The summed E-state index contributed by atoms with van der Waals surface area (Å²) < 4.78 is 284. The van der Waals surface area contributed by atoms with Crippen LogP contribution in [0.5, 0.6) is 0 Å². The van der Waals surface area contributed by atoms with E-state index in [2.05, 4.69) is 0 Å². The van der Waals surface area contributed by atoms with Gasteiger partial charge in [0.1, 0.15) is 0 Å². The third kappa shape index (κ3) is 9.62. The molecule has 0 amide bonds. The van der Waals surface area contributed by atoms with Gasteiger partial charge >= 0.3 is 481 Å². The molecule has 4 aromatic carbocycles. The predicted molar refractivity (Wildman–Crippen MR) is 312 cm³/mol. The molecule has 0 fully saturated rings. The van der Waals surface area contributed by atoms with Gasteiger partial charge in [0.05, 0.1) is 0 Å². The molecule has 456 valence electrons. The number of rotatable bonds is 20. The zero-order valence-corrected chi connectivity index (χ0v) is 58.0. The second-order valence-corrected chi connectivity index (χ2v) is 58.4. The van der Waals surface area contributed by atoms with Crippen molar-refractivity contribution >= 4 is 84.5 Å². The first kappa shape index (κ1) is 70.7. The van der Waals surface area contributed by atoms with E-state index in [4.69, 9.17) is 0 Å². The van der Waals surface area contributed by atoms with E-state index in [0.717, 1.165) is 0 Å². The van der Waals surface area contributed by atoms with Crippen LogP contribution in [-0.2, 0) is 0 Å². The molecule has 0 aromatic heterocycles. The van der Waals surface area contributed by atoms with Crippen LogP contribution in [0.15, 0.2) is 0 Å². The van der Waals surface area contributed by atoms with Gasteiger partial charge in [-0.05, 0) is 0 Å². The van der Waals surface area contributed by atoms with Crippen molar-refractivity contribution in [1.82, 2.24) is 0 Å². The molecule has 0 N–H and O–H groups in total. The zero-order valence-electron chi connectivity index (χ0n) is 51.6. The van der Waals surface area contributed by atoms with Gasteiger partial charge < -0.3 is 0 Å². The van der Waals surface area contributed by atoms with Crippen LogP contribution in [0, 0.1) is 93.1 Å². The Morgan fingerprint density at radius 3 is 0.333 bits per heavy atom. The number of benzene rings is 4. The maximum atomic E-state index is 18.7. The average molecular weight is 1290 g/mol. The SMILES string of the molecule is CC(C)[Si](c1c(F)c(F)[c]([Ga-]([c]2c(F)c(F)c([Si](C(C)C)(C(C)C)C(C)C)c(F)c2F)([c]2c(F)c(F)c([Si](C(C)C)(C(C)C)C(C)C)c(F)c2F)[c]2c(F)c(F)c([Si](C(C)C)(C(C)C)C(C)C)c(F)c2F)c(F)c1F)(C(C)C)C(C)C. The van der Waals surface area contributed by atoms with E-state index in [0.29, 0.717) is 0 Å². The number of halogens is 16. The Morgan fingerprint density at radius 2 is 0.259 bits per heavy atom. The summed E-state index contributed by atoms with van der Waals surface area (Å²) >= 11 is -9.73. The summed E-state index contributed by atoms with van der Waals surface area (Å²) in [6.45, 7) is 35.4. The van der Waals surface area contributed by atoms with E-state index < -0.39 is 244 Å². The van der Waals surface area contributed by atoms with E-state index in [9.17, 15) is 0 Å². The van der Waals surface area contributed by atoms with Crippen molar-refractivity contribution in [3.8, 4) is 0 Å². The van der Waals surface area contributed by atoms with E-state index in [-0.39, 0.29) is 0 Å². The fourth-order valence-corrected chi connectivity index (χ4v) is 57.0. The van der Waals surface area contributed by atoms with Crippen LogP contribution in [0.4, 0.5) is 70.2 Å². The molecule has 0 unspecified atom stereocenters. The van der Waals surface area contributed by atoms with Gasteiger partial charge in [-0.3, -0.25) is 0 Å². The van der Waals surface area contributed by atoms with Gasteiger partial charge in [0.15, 0.2) is 0 Å². The normalized spacial score (nSPS) is 13.8. The number of hydrogen-bond donors (Lipinski definition) is 0. The van der Waals surface area contributed by atoms with Gasteiger partial charge in [0, 0.05) is 0 Å². The minimum atomic E-state index is -9.73. The Bertz CT molecular complexity index is 2430. The van der Waals surface area contributed by atoms with Crippen molar-refractivity contribution < 1.29 is 70.2 Å². The minimum absolute atomic E-state index is 0.854. The Kier molecular flexibility index (Phi) is 21.5. The van der Waals surface area contributed by atoms with E-state index in [1.807, 2.05) is 0 Å². The monoisotopic (exact) mass is 1290 g/mol. The fourth-order valence-electron chi connectivity index (χ4n) is 18.0. The third-order valence-electron chi connectivity index (χ3n) is 20.1. The molecule has 0 saturated heterocycles. The average Bonchev–Trinajstić information content (AvgIpc) is 3.32. The van der Waals surface area contributed by atoms with Crippen molar-refractivity contribution in [2.75, 3.05) is 0 Å². The molecule has 0 saturated carbocycles. The van der Waals surface area contributed by atoms with Gasteiger partial charge in [-0.25, -0.2) is 0 Å². The fraction of sp³-hybridized carbons (Fsp3) is 0.600. The van der Waals surface area contributed by atoms with E-state index >= 15 is 70.2 Å². The molecular formula is C60H84F16GaSi4-. The predicted octanol–water partition coefficient (Wildman–Crippen LogP) is 16.8. The van der Waals surface area contributed by atoms with Gasteiger partial charge in [-0.1, -0.05) is 0 Å². The van der Waals surface area contributed by atoms with Crippen LogP contribution >= 0.6 is 0 Å². The molecule has 21 heteroatoms. The quantitative estimate of drug-likeness (QED) is 0.0470. The van der Waals surface area contributed by atoms with Crippen molar-refractivity contribution in [2.45, 2.75) is 233 Å². The van der Waals surface area contributed by atoms with Crippen LogP contribution < -0.4 is 37.2 Å². The molecule has 4 rings (SSSR count). The summed E-state index contributed by atoms with van der Waals surface area (Å²) in [4.78, 5) is 0. The summed E-state index contributed by atoms with van der Waals surface area (Å²) in [6, 6.07) is 0. The van der Waals surface area contributed by atoms with Crippen molar-refractivity contribution in [3.05, 3.63) is 93.1 Å². The second-order valence-electron chi connectivity index (χ2n) is 26.6. The van der Waals surface area contributed by atoms with Crippen LogP contribution in [0.1, 0.15) is 166 Å². The maximum absolute atomic E-state index is 18.7. The first-order valence-corrected chi connectivity index (χ1v) is 42.3. The molecule has 0 atom stereocenters. The molecule has 0 aliphatic carbocycles. The standard InChI is InChI=1S/4C15H21F4Si.Ga/c4*1-8(2)20(9(3)4,10(5)6)15-13(18)11(16)7-12(17)14(15)19;/h4*8-10H,1-6H3;/q;;;;-1. The van der Waals surface area contributed by atoms with Gasteiger partial charge in [-0.2, -0.15) is 0 Å². The number of hydrogen-bond acceptors (Lipinski definition) is 0. The summed E-state index contributed by atoms with van der Waals surface area (Å²) in [5, 5.41) is -5.22. The summed E-state index contributed by atoms with van der Waals surface area (Å²) in [6.07, 6.45) is 0. The van der Waals surface area contributed by atoms with Gasteiger partial charge in [0.25, 0.3) is 0 Å². The summed E-state index contributed by atoms with van der Waals surface area (Å²) in [5.74, 6) is -42.8. The molecule has 0 bridgehead atoms. The zero-order chi connectivity index (χ0) is 63.3. The molecular weight excluding hydrogens is 1210 g/mol. The van der Waals surface area contributed by atoms with E-state index in [1.54, 1.807) is 0 Å². The van der Waals surface area contributed by atoms with Crippen molar-refractivity contribution in [3.63, 3.8) is 0 Å². The Balaban J connectivity index is 2.93. The van der Waals surface area contributed by atoms with E-state index in [1.165, 1.54) is 166 Å². The molecule has 0 heterocycles. The van der Waals surface area contributed by atoms with Crippen LogP contribution in [-0.4, -0.2) is 47.3 Å². The molecule has 4 aromatic rings. The second kappa shape index (κ2) is 24.6. The summed E-state index contributed by atoms with van der Waals surface area (Å²) in [5.41, 5.74) is -10.2. The Labute approximate surface area is 478 Å². The summed E-state index contributed by atoms with van der Waals surface area (Å²) in [7, 11) is -16.7. The molecule has 0 nitrogen and oxygen atoms in total. The Morgan fingerprint density at radius 1 is 0.173 bits per heavy atom. The van der Waals surface area contributed by atoms with Crippen molar-refractivity contribution in [2.24, 2.45) is 0 Å². The topological polar surface area (TPSA) is 0 Å². The first-order valence-electron chi connectivity index (χ1n) is 28.5. The third-order valence-corrected chi connectivity index (χ3v) is 59.8. The van der Waals surface area contributed by atoms with Crippen molar-refractivity contribution in [1.29, 1.82) is 0 Å². The molecule has 0 spiro atoms. The Hall–Kier alpha value is -2.74. The molecule has 0 aliphatic rings. The van der Waals surface area contributed by atoms with Gasteiger partial charge in [0.2, 0.25) is 0 Å². The molecule has 0 aliphatic heterocycles. The van der Waals surface area contributed by atoms with Crippen LogP contribution in [0.3, 0.4) is 0 Å².